The maximum Gasteiger partial charge on any atom is 0.239 e. The fourth-order valence-corrected chi connectivity index (χ4v) is 3.78. The molecule has 0 amide bonds. The molecule has 1 aliphatic heterocycles. The molecule has 3 aromatic rings. The summed E-state index contributed by atoms with van der Waals surface area (Å²) in [5.41, 5.74) is -0.781. The predicted octanol–water partition coefficient (Wildman–Crippen LogP) is 0.0671. The number of phenolic OH excluding ortho intramolecular Hbond substituents is 2. The maximum atomic E-state index is 13.5. The van der Waals surface area contributed by atoms with Gasteiger partial charge in [0.25, 0.3) is 0 Å². The van der Waals surface area contributed by atoms with Crippen LogP contribution < -0.4 is 19.6 Å². The summed E-state index contributed by atoms with van der Waals surface area (Å²) in [7, 11) is 2.71. The Kier molecular flexibility index (Phi) is 6.74. The van der Waals surface area contributed by atoms with Crippen molar-refractivity contribution in [3.8, 4) is 40.1 Å². The van der Waals surface area contributed by atoms with Crippen molar-refractivity contribution in [3.05, 3.63) is 40.6 Å². The Morgan fingerprint density at radius 2 is 1.69 bits per heavy atom. The van der Waals surface area contributed by atoms with Crippen LogP contribution in [0.25, 0.3) is 22.3 Å². The average Bonchev–Trinajstić information content (AvgIpc) is 2.85. The normalized spacial score (nSPS) is 24.3. The molecular formula is C23H24O12. The summed E-state index contributed by atoms with van der Waals surface area (Å²) in [6, 6.07) is 6.66. The van der Waals surface area contributed by atoms with E-state index >= 15 is 0 Å². The molecule has 2 heterocycles. The summed E-state index contributed by atoms with van der Waals surface area (Å²) in [5, 5.41) is 60.4. The van der Waals surface area contributed by atoms with Crippen molar-refractivity contribution < 1.29 is 54.0 Å². The number of methoxy groups -OCH3 is 2. The van der Waals surface area contributed by atoms with Crippen LogP contribution in [0, 0.1) is 0 Å². The number of rotatable bonds is 6. The Morgan fingerprint density at radius 1 is 0.943 bits per heavy atom. The molecule has 0 aliphatic carbocycles. The van der Waals surface area contributed by atoms with E-state index in [0.29, 0.717) is 0 Å². The predicted molar refractivity (Wildman–Crippen MR) is 119 cm³/mol. The van der Waals surface area contributed by atoms with Crippen molar-refractivity contribution in [1.82, 2.24) is 0 Å². The number of aliphatic hydroxyl groups is 4. The first-order valence-electron chi connectivity index (χ1n) is 10.4. The lowest BCUT2D eigenvalue weighted by atomic mass is 9.99. The van der Waals surface area contributed by atoms with Crippen LogP contribution in [-0.2, 0) is 4.74 Å². The highest BCUT2D eigenvalue weighted by molar-refractivity contribution is 5.88. The molecule has 188 valence electrons. The van der Waals surface area contributed by atoms with Gasteiger partial charge in [-0.05, 0) is 18.2 Å². The van der Waals surface area contributed by atoms with Crippen molar-refractivity contribution in [2.45, 2.75) is 30.7 Å². The van der Waals surface area contributed by atoms with Gasteiger partial charge in [-0.25, -0.2) is 0 Å². The van der Waals surface area contributed by atoms with Crippen LogP contribution >= 0.6 is 0 Å². The first-order valence-corrected chi connectivity index (χ1v) is 10.4. The maximum absolute atomic E-state index is 13.5. The van der Waals surface area contributed by atoms with E-state index in [4.69, 9.17) is 23.4 Å². The number of aliphatic hydroxyl groups excluding tert-OH is 4. The van der Waals surface area contributed by atoms with Gasteiger partial charge < -0.3 is 54.0 Å². The highest BCUT2D eigenvalue weighted by Crippen LogP contribution is 2.39. The molecule has 1 saturated heterocycles. The summed E-state index contributed by atoms with van der Waals surface area (Å²) in [5.74, 6) is -1.16. The van der Waals surface area contributed by atoms with Gasteiger partial charge in [-0.3, -0.25) is 4.79 Å². The number of aromatic hydroxyl groups is 2. The van der Waals surface area contributed by atoms with Crippen molar-refractivity contribution in [3.63, 3.8) is 0 Å². The Morgan fingerprint density at radius 3 is 2.31 bits per heavy atom. The molecule has 0 bridgehead atoms. The van der Waals surface area contributed by atoms with Crippen LogP contribution in [0.15, 0.2) is 39.5 Å². The van der Waals surface area contributed by atoms with Crippen LogP contribution in [0.4, 0.5) is 0 Å². The van der Waals surface area contributed by atoms with E-state index in [0.717, 1.165) is 0 Å². The van der Waals surface area contributed by atoms with Gasteiger partial charge in [0.1, 0.15) is 46.9 Å². The number of benzene rings is 2. The van der Waals surface area contributed by atoms with E-state index in [1.54, 1.807) is 0 Å². The smallest absolute Gasteiger partial charge is 0.239 e. The van der Waals surface area contributed by atoms with Crippen molar-refractivity contribution in [1.29, 1.82) is 0 Å². The van der Waals surface area contributed by atoms with Crippen molar-refractivity contribution in [2.75, 3.05) is 20.8 Å². The third-order valence-corrected chi connectivity index (χ3v) is 5.67. The molecule has 4 rings (SSSR count). The van der Waals surface area contributed by atoms with Gasteiger partial charge >= 0.3 is 0 Å². The number of hydrogen-bond acceptors (Lipinski definition) is 12. The largest absolute Gasteiger partial charge is 0.507 e. The molecular weight excluding hydrogens is 468 g/mol. The van der Waals surface area contributed by atoms with Crippen LogP contribution in [0.2, 0.25) is 0 Å². The van der Waals surface area contributed by atoms with Gasteiger partial charge in [0.05, 0.1) is 20.8 Å². The van der Waals surface area contributed by atoms with Gasteiger partial charge in [-0.15, -0.1) is 0 Å². The van der Waals surface area contributed by atoms with Crippen LogP contribution in [0.3, 0.4) is 0 Å². The summed E-state index contributed by atoms with van der Waals surface area (Å²) in [6.45, 7) is -0.711. The summed E-state index contributed by atoms with van der Waals surface area (Å²) in [6.07, 6.45) is -8.22. The monoisotopic (exact) mass is 492 g/mol. The number of hydrogen-bond donors (Lipinski definition) is 6. The van der Waals surface area contributed by atoms with Crippen molar-refractivity contribution in [2.24, 2.45) is 0 Å². The first kappa shape index (κ1) is 24.6. The molecule has 1 aliphatic rings. The minimum absolute atomic E-state index is 0.0710. The summed E-state index contributed by atoms with van der Waals surface area (Å²) < 4.78 is 27.0. The highest BCUT2D eigenvalue weighted by atomic mass is 16.7. The van der Waals surface area contributed by atoms with Gasteiger partial charge in [-0.1, -0.05) is 0 Å². The second-order valence-electron chi connectivity index (χ2n) is 7.81. The molecule has 0 saturated carbocycles. The minimum Gasteiger partial charge on any atom is -0.507 e. The summed E-state index contributed by atoms with van der Waals surface area (Å²) >= 11 is 0. The second-order valence-corrected chi connectivity index (χ2v) is 7.81. The Hall–Kier alpha value is -3.55. The standard InChI is InChI=1S/C23H24O12/c1-31-10-6-12(26)16-14(7-10)33-21(9-3-4-13(32-2)11(25)5-9)22(18(16)28)35-23-20(30)19(29)17(27)15(8-24)34-23/h3-7,15,17,19-20,23-27,29-30H,8H2,1-2H3/t15-,17+,19?,20?,23-/m1/s1. The van der Waals surface area contributed by atoms with E-state index < -0.39 is 54.2 Å². The number of phenols is 2. The summed E-state index contributed by atoms with van der Waals surface area (Å²) in [4.78, 5) is 13.5. The van der Waals surface area contributed by atoms with Crippen LogP contribution in [0.5, 0.6) is 28.7 Å². The van der Waals surface area contributed by atoms with Crippen molar-refractivity contribution >= 4 is 11.0 Å². The number of fused-ring (bicyclic) bond motifs is 1. The molecule has 12 nitrogen and oxygen atoms in total. The van der Waals surface area contributed by atoms with E-state index in [2.05, 4.69) is 0 Å². The van der Waals surface area contributed by atoms with E-state index in [1.807, 2.05) is 0 Å². The molecule has 0 radical (unpaired) electrons. The topological polar surface area (TPSA) is 189 Å². The fourth-order valence-electron chi connectivity index (χ4n) is 3.78. The zero-order valence-corrected chi connectivity index (χ0v) is 18.6. The average molecular weight is 492 g/mol. The molecule has 0 spiro atoms. The molecule has 5 atom stereocenters. The Balaban J connectivity index is 1.91. The zero-order valence-electron chi connectivity index (χ0n) is 18.6. The van der Waals surface area contributed by atoms with Crippen LogP contribution in [-0.4, -0.2) is 82.2 Å². The fraction of sp³-hybridized carbons (Fsp3) is 0.348. The lowest BCUT2D eigenvalue weighted by molar-refractivity contribution is -0.277. The molecule has 12 heteroatoms. The molecule has 1 aromatic heterocycles. The Bertz CT molecular complexity index is 1280. The molecule has 2 aromatic carbocycles. The first-order chi connectivity index (χ1) is 16.7. The highest BCUT2D eigenvalue weighted by Gasteiger charge is 2.45. The van der Waals surface area contributed by atoms with E-state index in [9.17, 15) is 35.4 Å². The van der Waals surface area contributed by atoms with E-state index in [-0.39, 0.29) is 39.5 Å². The van der Waals surface area contributed by atoms with Gasteiger partial charge in [0.2, 0.25) is 17.5 Å². The molecule has 2 unspecified atom stereocenters. The van der Waals surface area contributed by atoms with Gasteiger partial charge in [0.15, 0.2) is 17.3 Å². The molecule has 1 fully saturated rings. The zero-order chi connectivity index (χ0) is 25.4. The van der Waals surface area contributed by atoms with E-state index in [1.165, 1.54) is 44.6 Å². The van der Waals surface area contributed by atoms with Gasteiger partial charge in [-0.2, -0.15) is 0 Å². The van der Waals surface area contributed by atoms with Gasteiger partial charge in [0, 0.05) is 17.7 Å². The molecule has 6 N–H and O–H groups in total. The minimum atomic E-state index is -1.82. The lowest BCUT2D eigenvalue weighted by Gasteiger charge is -2.39. The second kappa shape index (κ2) is 9.60. The quantitative estimate of drug-likeness (QED) is 0.272. The third kappa shape index (κ3) is 4.33. The van der Waals surface area contributed by atoms with Crippen LogP contribution in [0.1, 0.15) is 0 Å². The lowest BCUT2D eigenvalue weighted by Crippen LogP contribution is -2.60. The third-order valence-electron chi connectivity index (χ3n) is 5.67. The Labute approximate surface area is 197 Å². The molecule has 35 heavy (non-hydrogen) atoms. The SMILES string of the molecule is COc1cc(O)c2c(=O)c(O[C@H]3O[C@H](CO)[C@H](O)C(O)C3O)c(-c3ccc(OC)c(O)c3)oc2c1. The number of ether oxygens (including phenoxy) is 4.